The van der Waals surface area contributed by atoms with Crippen molar-refractivity contribution in [3.8, 4) is 17.9 Å². The smallest absolute Gasteiger partial charge is 0.269 e. The van der Waals surface area contributed by atoms with Gasteiger partial charge in [0.15, 0.2) is 5.75 Å². The SMILES string of the molecule is N#C/C(=C\c1cc(Cl)c(OCc2ccccc2C#N)c(Br)c1)c1ccc([N+](=O)[O-])cc1. The van der Waals surface area contributed by atoms with Crippen molar-refractivity contribution in [2.75, 3.05) is 0 Å². The van der Waals surface area contributed by atoms with Crippen LogP contribution >= 0.6 is 27.5 Å². The van der Waals surface area contributed by atoms with Gasteiger partial charge in [0.25, 0.3) is 5.69 Å². The molecule has 0 spiro atoms. The molecule has 0 saturated heterocycles. The molecule has 3 rings (SSSR count). The Morgan fingerprint density at radius 3 is 2.48 bits per heavy atom. The van der Waals surface area contributed by atoms with Gasteiger partial charge in [-0.1, -0.05) is 29.8 Å². The van der Waals surface area contributed by atoms with E-state index < -0.39 is 4.92 Å². The highest BCUT2D eigenvalue weighted by molar-refractivity contribution is 9.10. The molecule has 0 aliphatic carbocycles. The summed E-state index contributed by atoms with van der Waals surface area (Å²) in [5, 5.41) is 29.9. The topological polar surface area (TPSA) is 99.9 Å². The minimum absolute atomic E-state index is 0.0497. The van der Waals surface area contributed by atoms with Crippen molar-refractivity contribution in [2.24, 2.45) is 0 Å². The third-order valence-corrected chi connectivity index (χ3v) is 5.22. The second kappa shape index (κ2) is 9.90. The van der Waals surface area contributed by atoms with Crippen molar-refractivity contribution in [3.63, 3.8) is 0 Å². The van der Waals surface area contributed by atoms with E-state index >= 15 is 0 Å². The number of hydrogen-bond acceptors (Lipinski definition) is 5. The first-order valence-electron chi connectivity index (χ1n) is 8.89. The quantitative estimate of drug-likeness (QED) is 0.168. The number of nitro benzene ring substituents is 1. The molecule has 0 radical (unpaired) electrons. The standard InChI is InChI=1S/C23H13BrClN3O3/c24-21-10-15(9-19(13-27)16-5-7-20(8-6-16)28(29)30)11-22(25)23(21)31-14-18-4-2-1-3-17(18)12-26/h1-11H,14H2/b19-9+. The lowest BCUT2D eigenvalue weighted by atomic mass is 10.0. The fourth-order valence-electron chi connectivity index (χ4n) is 2.82. The van der Waals surface area contributed by atoms with Crippen LogP contribution in [0.1, 0.15) is 22.3 Å². The van der Waals surface area contributed by atoms with E-state index in [4.69, 9.17) is 16.3 Å². The van der Waals surface area contributed by atoms with Crippen molar-refractivity contribution in [1.29, 1.82) is 10.5 Å². The van der Waals surface area contributed by atoms with Crippen LogP contribution in [0.25, 0.3) is 11.6 Å². The van der Waals surface area contributed by atoms with Gasteiger partial charge in [-0.15, -0.1) is 0 Å². The van der Waals surface area contributed by atoms with Gasteiger partial charge in [-0.25, -0.2) is 0 Å². The molecule has 31 heavy (non-hydrogen) atoms. The molecule has 3 aromatic carbocycles. The van der Waals surface area contributed by atoms with Crippen molar-refractivity contribution in [2.45, 2.75) is 6.61 Å². The van der Waals surface area contributed by atoms with E-state index in [0.29, 0.717) is 37.5 Å². The fourth-order valence-corrected chi connectivity index (χ4v) is 3.80. The molecule has 0 saturated carbocycles. The Morgan fingerprint density at radius 1 is 1.16 bits per heavy atom. The average Bonchev–Trinajstić information content (AvgIpc) is 2.77. The molecule has 0 bridgehead atoms. The number of nitriles is 2. The maximum Gasteiger partial charge on any atom is 0.269 e. The molecule has 0 aromatic heterocycles. The zero-order valence-electron chi connectivity index (χ0n) is 15.9. The van der Waals surface area contributed by atoms with Crippen LogP contribution in [0.15, 0.2) is 65.1 Å². The lowest BCUT2D eigenvalue weighted by Crippen LogP contribution is -1.99. The van der Waals surface area contributed by atoms with Crippen LogP contribution < -0.4 is 4.74 Å². The molecule has 0 heterocycles. The molecule has 0 amide bonds. The summed E-state index contributed by atoms with van der Waals surface area (Å²) >= 11 is 9.83. The molecule has 6 nitrogen and oxygen atoms in total. The van der Waals surface area contributed by atoms with Gasteiger partial charge in [0.05, 0.1) is 37.7 Å². The monoisotopic (exact) mass is 493 g/mol. The summed E-state index contributed by atoms with van der Waals surface area (Å²) < 4.78 is 6.41. The largest absolute Gasteiger partial charge is 0.486 e. The molecule has 0 fully saturated rings. The molecule has 8 heteroatoms. The van der Waals surface area contributed by atoms with Gasteiger partial charge in [0.2, 0.25) is 0 Å². The number of rotatable bonds is 6. The second-order valence-corrected chi connectivity index (χ2v) is 7.61. The van der Waals surface area contributed by atoms with Crippen LogP contribution in [-0.4, -0.2) is 4.92 Å². The van der Waals surface area contributed by atoms with Crippen molar-refractivity contribution in [3.05, 3.63) is 103 Å². The predicted octanol–water partition coefficient (Wildman–Crippen LogP) is 6.53. The van der Waals surface area contributed by atoms with E-state index in [-0.39, 0.29) is 12.3 Å². The number of nitro groups is 1. The van der Waals surface area contributed by atoms with E-state index in [1.54, 1.807) is 36.4 Å². The Bertz CT molecular complexity index is 1240. The number of non-ortho nitro benzene ring substituents is 1. The van der Waals surface area contributed by atoms with Gasteiger partial charge in [0, 0.05) is 17.7 Å². The fraction of sp³-hybridized carbons (Fsp3) is 0.0435. The van der Waals surface area contributed by atoms with Crippen LogP contribution in [0.4, 0.5) is 5.69 Å². The summed E-state index contributed by atoms with van der Waals surface area (Å²) in [6, 6.07) is 20.5. The first-order chi connectivity index (χ1) is 14.9. The van der Waals surface area contributed by atoms with Gasteiger partial charge >= 0.3 is 0 Å². The zero-order valence-corrected chi connectivity index (χ0v) is 18.2. The highest BCUT2D eigenvalue weighted by Crippen LogP contribution is 2.36. The van der Waals surface area contributed by atoms with Crippen LogP contribution in [-0.2, 0) is 6.61 Å². The predicted molar refractivity (Wildman–Crippen MR) is 121 cm³/mol. The van der Waals surface area contributed by atoms with Crippen molar-refractivity contribution in [1.82, 2.24) is 0 Å². The molecule has 0 N–H and O–H groups in total. The van der Waals surface area contributed by atoms with Crippen molar-refractivity contribution < 1.29 is 9.66 Å². The minimum Gasteiger partial charge on any atom is -0.486 e. The molecular weight excluding hydrogens is 482 g/mol. The van der Waals surface area contributed by atoms with E-state index in [9.17, 15) is 20.6 Å². The zero-order chi connectivity index (χ0) is 22.4. The maximum absolute atomic E-state index is 10.8. The first-order valence-corrected chi connectivity index (χ1v) is 10.1. The molecule has 0 unspecified atom stereocenters. The first kappa shape index (κ1) is 22.0. The number of allylic oxidation sites excluding steroid dienone is 1. The summed E-state index contributed by atoms with van der Waals surface area (Å²) in [6.07, 6.45) is 1.63. The van der Waals surface area contributed by atoms with E-state index in [2.05, 4.69) is 28.1 Å². The normalized spacial score (nSPS) is 10.8. The minimum atomic E-state index is -0.496. The van der Waals surface area contributed by atoms with Gasteiger partial charge in [-0.05, 0) is 63.5 Å². The molecule has 0 aliphatic heterocycles. The lowest BCUT2D eigenvalue weighted by Gasteiger charge is -2.12. The summed E-state index contributed by atoms with van der Waals surface area (Å²) in [5.41, 5.74) is 2.74. The third-order valence-electron chi connectivity index (χ3n) is 4.35. The Labute approximate surface area is 191 Å². The summed E-state index contributed by atoms with van der Waals surface area (Å²) in [6.45, 7) is 0.170. The number of benzene rings is 3. The summed E-state index contributed by atoms with van der Waals surface area (Å²) in [4.78, 5) is 10.3. The van der Waals surface area contributed by atoms with E-state index in [1.165, 1.54) is 24.3 Å². The molecule has 3 aromatic rings. The summed E-state index contributed by atoms with van der Waals surface area (Å²) in [7, 11) is 0. The number of halogens is 2. The third kappa shape index (κ3) is 5.29. The average molecular weight is 495 g/mol. The van der Waals surface area contributed by atoms with Crippen LogP contribution in [0, 0.1) is 32.8 Å². The van der Waals surface area contributed by atoms with Gasteiger partial charge in [0.1, 0.15) is 6.61 Å². The van der Waals surface area contributed by atoms with Gasteiger partial charge in [-0.2, -0.15) is 10.5 Å². The number of ether oxygens (including phenoxy) is 1. The second-order valence-electron chi connectivity index (χ2n) is 6.35. The number of hydrogen-bond donors (Lipinski definition) is 0. The highest BCUT2D eigenvalue weighted by atomic mass is 79.9. The van der Waals surface area contributed by atoms with Crippen LogP contribution in [0.5, 0.6) is 5.75 Å². The van der Waals surface area contributed by atoms with Gasteiger partial charge < -0.3 is 4.74 Å². The Hall–Kier alpha value is -3.65. The molecule has 0 atom stereocenters. The van der Waals surface area contributed by atoms with Crippen LogP contribution in [0.3, 0.4) is 0 Å². The summed E-state index contributed by atoms with van der Waals surface area (Å²) in [5.74, 6) is 0.417. The lowest BCUT2D eigenvalue weighted by molar-refractivity contribution is -0.384. The van der Waals surface area contributed by atoms with E-state index in [1.807, 2.05) is 6.07 Å². The molecular formula is C23H13BrClN3O3. The van der Waals surface area contributed by atoms with E-state index in [0.717, 1.165) is 5.56 Å². The maximum atomic E-state index is 10.8. The van der Waals surface area contributed by atoms with Crippen LogP contribution in [0.2, 0.25) is 5.02 Å². The number of nitrogens with zero attached hydrogens (tertiary/aromatic N) is 3. The Balaban J connectivity index is 1.86. The van der Waals surface area contributed by atoms with Gasteiger partial charge in [-0.3, -0.25) is 10.1 Å². The van der Waals surface area contributed by atoms with Crippen molar-refractivity contribution >= 4 is 44.9 Å². The Kier molecular flexibility index (Phi) is 7.04. The molecule has 0 aliphatic rings. The highest BCUT2D eigenvalue weighted by Gasteiger charge is 2.12. The Morgan fingerprint density at radius 2 is 1.87 bits per heavy atom. The molecule has 152 valence electrons.